The van der Waals surface area contributed by atoms with Crippen molar-refractivity contribution in [3.05, 3.63) is 41.6 Å². The summed E-state index contributed by atoms with van der Waals surface area (Å²) in [6.07, 6.45) is 3.17. The minimum atomic E-state index is -4.50. The number of hydrogen-bond acceptors (Lipinski definition) is 4. The van der Waals surface area contributed by atoms with Crippen LogP contribution in [0.4, 0.5) is 19.0 Å². The van der Waals surface area contributed by atoms with E-state index in [1.165, 1.54) is 32.6 Å². The van der Waals surface area contributed by atoms with Gasteiger partial charge in [-0.25, -0.2) is 4.68 Å². The number of carbonyl (C=O) groups is 1. The Morgan fingerprint density at radius 3 is 2.38 bits per heavy atom. The summed E-state index contributed by atoms with van der Waals surface area (Å²) in [6.45, 7) is 0. The molecule has 182 valence electrons. The lowest BCUT2D eigenvalue weighted by Crippen LogP contribution is -2.59. The monoisotopic (exact) mass is 474 g/mol. The van der Waals surface area contributed by atoms with Gasteiger partial charge < -0.3 is 15.4 Å². The molecular formula is C25H29F3N4O2. The molecule has 5 aliphatic rings. The van der Waals surface area contributed by atoms with E-state index in [4.69, 9.17) is 4.74 Å². The van der Waals surface area contributed by atoms with Crippen molar-refractivity contribution in [1.29, 1.82) is 0 Å². The zero-order valence-electron chi connectivity index (χ0n) is 19.1. The maximum absolute atomic E-state index is 14.1. The van der Waals surface area contributed by atoms with E-state index in [9.17, 15) is 18.0 Å². The summed E-state index contributed by atoms with van der Waals surface area (Å²) >= 11 is 0. The number of nitrogens with one attached hydrogen (secondary N) is 2. The third-order valence-corrected chi connectivity index (χ3v) is 8.41. The number of carbonyl (C=O) groups excluding carboxylic acids is 1. The summed E-state index contributed by atoms with van der Waals surface area (Å²) in [6, 6.07) is 4.53. The molecule has 0 saturated heterocycles. The molecule has 2 unspecified atom stereocenters. The van der Waals surface area contributed by atoms with Crippen molar-refractivity contribution in [2.75, 3.05) is 12.4 Å². The fourth-order valence-electron chi connectivity index (χ4n) is 7.46. The number of hydrogen-bond donors (Lipinski definition) is 2. The number of rotatable bonds is 4. The maximum atomic E-state index is 14.1. The lowest BCUT2D eigenvalue weighted by Gasteiger charge is -2.56. The van der Waals surface area contributed by atoms with E-state index in [0.717, 1.165) is 23.9 Å². The third-order valence-electron chi connectivity index (χ3n) is 8.41. The fraction of sp³-hybridized carbons (Fsp3) is 0.600. The van der Waals surface area contributed by atoms with Gasteiger partial charge in [-0.3, -0.25) is 4.79 Å². The van der Waals surface area contributed by atoms with Crippen LogP contribution >= 0.6 is 0 Å². The number of benzene rings is 1. The molecule has 2 atom stereocenters. The minimum Gasteiger partial charge on any atom is -0.496 e. The normalized spacial score (nSPS) is 33.8. The van der Waals surface area contributed by atoms with Gasteiger partial charge in [0.25, 0.3) is 5.91 Å². The molecule has 1 aliphatic heterocycles. The number of aromatic nitrogens is 2. The first-order valence-corrected chi connectivity index (χ1v) is 12.1. The van der Waals surface area contributed by atoms with Crippen molar-refractivity contribution in [3.63, 3.8) is 0 Å². The first-order valence-electron chi connectivity index (χ1n) is 12.1. The van der Waals surface area contributed by atoms with Gasteiger partial charge in [-0.15, -0.1) is 0 Å². The number of amides is 1. The van der Waals surface area contributed by atoms with Crippen molar-refractivity contribution < 1.29 is 22.7 Å². The first-order chi connectivity index (χ1) is 16.2. The predicted molar refractivity (Wildman–Crippen MR) is 120 cm³/mol. The Hall–Kier alpha value is -2.71. The predicted octanol–water partition coefficient (Wildman–Crippen LogP) is 5.25. The zero-order chi connectivity index (χ0) is 23.7. The molecule has 4 fully saturated rings. The summed E-state index contributed by atoms with van der Waals surface area (Å²) in [4.78, 5) is 13.5. The highest BCUT2D eigenvalue weighted by Gasteiger charge is 2.52. The molecular weight excluding hydrogens is 445 g/mol. The second kappa shape index (κ2) is 7.65. The molecule has 7 rings (SSSR count). The summed E-state index contributed by atoms with van der Waals surface area (Å²) in [7, 11) is 1.50. The topological polar surface area (TPSA) is 68.2 Å². The van der Waals surface area contributed by atoms with Crippen LogP contribution in [0.2, 0.25) is 0 Å². The molecule has 9 heteroatoms. The smallest absolute Gasteiger partial charge is 0.410 e. The fourth-order valence-corrected chi connectivity index (χ4v) is 7.46. The van der Waals surface area contributed by atoms with E-state index in [2.05, 4.69) is 15.7 Å². The SMILES string of the molecule is COc1ccccc1C1CC(C(F)(F)F)n2ncc(C(=O)NC34CC5CC(CC(C5)C3)C4)c2N1. The molecule has 1 aromatic heterocycles. The molecule has 2 N–H and O–H groups in total. The molecule has 0 spiro atoms. The lowest BCUT2D eigenvalue weighted by atomic mass is 9.53. The maximum Gasteiger partial charge on any atom is 0.410 e. The highest BCUT2D eigenvalue weighted by atomic mass is 19.4. The molecule has 4 aliphatic carbocycles. The van der Waals surface area contributed by atoms with Crippen molar-refractivity contribution in [1.82, 2.24) is 15.1 Å². The van der Waals surface area contributed by atoms with Gasteiger partial charge in [-0.05, 0) is 62.3 Å². The van der Waals surface area contributed by atoms with E-state index in [1.54, 1.807) is 24.3 Å². The van der Waals surface area contributed by atoms with Crippen molar-refractivity contribution in [2.45, 2.75) is 68.7 Å². The quantitative estimate of drug-likeness (QED) is 0.635. The molecule has 6 nitrogen and oxygen atoms in total. The Morgan fingerprint density at radius 2 is 1.76 bits per heavy atom. The average molecular weight is 475 g/mol. The Bertz CT molecular complexity index is 1080. The van der Waals surface area contributed by atoms with Crippen LogP contribution < -0.4 is 15.4 Å². The average Bonchev–Trinajstić information content (AvgIpc) is 3.20. The van der Waals surface area contributed by atoms with Crippen LogP contribution in [0.25, 0.3) is 0 Å². The molecule has 1 amide bonds. The van der Waals surface area contributed by atoms with Crippen LogP contribution in [0, 0.1) is 17.8 Å². The molecule has 2 heterocycles. The van der Waals surface area contributed by atoms with Gasteiger partial charge in [0, 0.05) is 17.5 Å². The number of nitrogens with zero attached hydrogens (tertiary/aromatic N) is 2. The summed E-state index contributed by atoms with van der Waals surface area (Å²) in [5.74, 6) is 2.23. The summed E-state index contributed by atoms with van der Waals surface area (Å²) in [5, 5.41) is 10.5. The second-order valence-electron chi connectivity index (χ2n) is 10.7. The van der Waals surface area contributed by atoms with Crippen molar-refractivity contribution in [3.8, 4) is 5.75 Å². The van der Waals surface area contributed by atoms with Gasteiger partial charge in [-0.1, -0.05) is 18.2 Å². The van der Waals surface area contributed by atoms with Gasteiger partial charge in [0.1, 0.15) is 17.1 Å². The molecule has 4 saturated carbocycles. The number of ether oxygens (including phenoxy) is 1. The number of methoxy groups -OCH3 is 1. The van der Waals surface area contributed by atoms with Crippen LogP contribution in [-0.4, -0.2) is 34.5 Å². The van der Waals surface area contributed by atoms with Gasteiger partial charge >= 0.3 is 6.18 Å². The van der Waals surface area contributed by atoms with E-state index in [1.807, 2.05) is 0 Å². The first kappa shape index (κ1) is 21.8. The van der Waals surface area contributed by atoms with Crippen molar-refractivity contribution in [2.24, 2.45) is 17.8 Å². The van der Waals surface area contributed by atoms with E-state index in [-0.39, 0.29) is 29.2 Å². The molecule has 0 radical (unpaired) electrons. The standard InChI is InChI=1S/C25H29F3N4O2/c1-34-20-5-3-2-4-17(20)19-9-21(25(26,27)28)32-22(30-19)18(13-29-32)23(33)31-24-10-14-6-15(11-24)8-16(7-14)12-24/h2-5,13-16,19,21,30H,6-12H2,1H3,(H,31,33). The number of anilines is 1. The molecule has 34 heavy (non-hydrogen) atoms. The Kier molecular flexibility index (Phi) is 4.90. The third kappa shape index (κ3) is 3.55. The highest BCUT2D eigenvalue weighted by molar-refractivity contribution is 5.99. The van der Waals surface area contributed by atoms with Gasteiger partial charge in [0.15, 0.2) is 6.04 Å². The van der Waals surface area contributed by atoms with E-state index < -0.39 is 18.3 Å². The second-order valence-corrected chi connectivity index (χ2v) is 10.7. The molecule has 1 aromatic carbocycles. The van der Waals surface area contributed by atoms with Gasteiger partial charge in [0.05, 0.1) is 19.3 Å². The molecule has 2 aromatic rings. The Morgan fingerprint density at radius 1 is 1.12 bits per heavy atom. The zero-order valence-corrected chi connectivity index (χ0v) is 19.1. The van der Waals surface area contributed by atoms with Crippen LogP contribution in [-0.2, 0) is 0 Å². The highest BCUT2D eigenvalue weighted by Crippen LogP contribution is 2.56. The van der Waals surface area contributed by atoms with Crippen LogP contribution in [0.3, 0.4) is 0 Å². The lowest BCUT2D eigenvalue weighted by molar-refractivity contribution is -0.173. The summed E-state index contributed by atoms with van der Waals surface area (Å²) < 4.78 is 48.5. The van der Waals surface area contributed by atoms with E-state index >= 15 is 0 Å². The van der Waals surface area contributed by atoms with Crippen LogP contribution in [0.1, 0.15) is 73.0 Å². The number of para-hydroxylation sites is 1. The van der Waals surface area contributed by atoms with E-state index in [0.29, 0.717) is 29.1 Å². The Labute approximate surface area is 196 Å². The number of alkyl halides is 3. The van der Waals surface area contributed by atoms with Crippen LogP contribution in [0.5, 0.6) is 5.75 Å². The number of fused-ring (bicyclic) bond motifs is 1. The minimum absolute atomic E-state index is 0.117. The van der Waals surface area contributed by atoms with Gasteiger partial charge in [-0.2, -0.15) is 18.3 Å². The summed E-state index contributed by atoms with van der Waals surface area (Å²) in [5.41, 5.74) is 0.560. The Balaban J connectivity index is 1.33. The van der Waals surface area contributed by atoms with Crippen LogP contribution in [0.15, 0.2) is 30.5 Å². The van der Waals surface area contributed by atoms with Gasteiger partial charge in [0.2, 0.25) is 0 Å². The number of halogens is 3. The van der Waals surface area contributed by atoms with Crippen molar-refractivity contribution >= 4 is 11.7 Å². The molecule has 4 bridgehead atoms. The largest absolute Gasteiger partial charge is 0.496 e.